The molecule has 2 aromatic rings. The molecule has 0 fully saturated rings. The lowest BCUT2D eigenvalue weighted by atomic mass is 9.99. The fourth-order valence-corrected chi connectivity index (χ4v) is 3.31. The van der Waals surface area contributed by atoms with Gasteiger partial charge in [-0.2, -0.15) is 0 Å². The van der Waals surface area contributed by atoms with Gasteiger partial charge in [0.2, 0.25) is 0 Å². The Bertz CT molecular complexity index is 739. The maximum atomic E-state index is 12.7. The van der Waals surface area contributed by atoms with Crippen molar-refractivity contribution in [3.8, 4) is 0 Å². The van der Waals surface area contributed by atoms with Crippen LogP contribution in [0.1, 0.15) is 24.1 Å². The Hall–Kier alpha value is -2.24. The van der Waals surface area contributed by atoms with Crippen molar-refractivity contribution in [2.45, 2.75) is 24.8 Å². The van der Waals surface area contributed by atoms with E-state index >= 15 is 0 Å². The maximum absolute atomic E-state index is 12.7. The Morgan fingerprint density at radius 2 is 1.75 bits per heavy atom. The van der Waals surface area contributed by atoms with Gasteiger partial charge < -0.3 is 4.74 Å². The third-order valence-electron chi connectivity index (χ3n) is 3.64. The smallest absolute Gasteiger partial charge is 0.335 e. The van der Waals surface area contributed by atoms with Gasteiger partial charge in [-0.15, -0.1) is 0 Å². The molecule has 0 bridgehead atoms. The standard InChI is InChI=1S/C19H21NO3S/c1-4-17(19(21)23-3)18(15-8-6-5-7-9-15)20-24(22)16-12-10-14(2)11-13-16/h4-13,18,20H,1-3H3/b17-4+/t18-,24-/m0/s1. The highest BCUT2D eigenvalue weighted by Crippen LogP contribution is 2.24. The summed E-state index contributed by atoms with van der Waals surface area (Å²) in [5.41, 5.74) is 2.36. The number of methoxy groups -OCH3 is 1. The first-order valence-corrected chi connectivity index (χ1v) is 8.76. The van der Waals surface area contributed by atoms with Crippen LogP contribution in [0.3, 0.4) is 0 Å². The molecule has 0 aliphatic heterocycles. The van der Waals surface area contributed by atoms with E-state index in [0.29, 0.717) is 10.5 Å². The second-order valence-electron chi connectivity index (χ2n) is 5.28. The summed E-state index contributed by atoms with van der Waals surface area (Å²) < 4.78 is 20.6. The van der Waals surface area contributed by atoms with E-state index in [-0.39, 0.29) is 0 Å². The van der Waals surface area contributed by atoms with Gasteiger partial charge in [-0.25, -0.2) is 13.7 Å². The molecule has 0 aliphatic rings. The van der Waals surface area contributed by atoms with Crippen LogP contribution in [0.25, 0.3) is 0 Å². The van der Waals surface area contributed by atoms with E-state index in [1.54, 1.807) is 13.0 Å². The van der Waals surface area contributed by atoms with E-state index < -0.39 is 23.0 Å². The van der Waals surface area contributed by atoms with Crippen LogP contribution in [0.2, 0.25) is 0 Å². The number of hydrogen-bond donors (Lipinski definition) is 1. The van der Waals surface area contributed by atoms with Crippen molar-refractivity contribution in [2.75, 3.05) is 7.11 Å². The van der Waals surface area contributed by atoms with Crippen molar-refractivity contribution in [1.29, 1.82) is 0 Å². The second kappa shape index (κ2) is 8.57. The number of nitrogens with one attached hydrogen (secondary N) is 1. The molecule has 5 heteroatoms. The lowest BCUT2D eigenvalue weighted by Crippen LogP contribution is -2.28. The summed E-state index contributed by atoms with van der Waals surface area (Å²) >= 11 is 0. The Balaban J connectivity index is 2.34. The third kappa shape index (κ3) is 4.40. The highest BCUT2D eigenvalue weighted by Gasteiger charge is 2.24. The monoisotopic (exact) mass is 343 g/mol. The molecule has 2 atom stereocenters. The number of esters is 1. The van der Waals surface area contributed by atoms with Crippen LogP contribution in [0.5, 0.6) is 0 Å². The minimum atomic E-state index is -1.46. The highest BCUT2D eigenvalue weighted by atomic mass is 32.2. The molecule has 2 rings (SSSR count). The van der Waals surface area contributed by atoms with Gasteiger partial charge in [0.25, 0.3) is 0 Å². The molecular formula is C19H21NO3S. The predicted molar refractivity (Wildman–Crippen MR) is 95.7 cm³/mol. The number of carbonyl (C=O) groups is 1. The van der Waals surface area contributed by atoms with Gasteiger partial charge >= 0.3 is 5.97 Å². The fourth-order valence-electron chi connectivity index (χ4n) is 2.31. The molecule has 0 saturated carbocycles. The van der Waals surface area contributed by atoms with Gasteiger partial charge in [0.1, 0.15) is 11.0 Å². The van der Waals surface area contributed by atoms with E-state index in [9.17, 15) is 9.00 Å². The molecule has 0 unspecified atom stereocenters. The fraction of sp³-hybridized carbons (Fsp3) is 0.211. The lowest BCUT2D eigenvalue weighted by Gasteiger charge is -2.20. The zero-order valence-corrected chi connectivity index (χ0v) is 14.8. The summed E-state index contributed by atoms with van der Waals surface area (Å²) in [7, 11) is -0.123. The van der Waals surface area contributed by atoms with Crippen LogP contribution in [-0.4, -0.2) is 17.3 Å². The van der Waals surface area contributed by atoms with Gasteiger partial charge in [0.05, 0.1) is 23.6 Å². The number of carbonyl (C=O) groups excluding carboxylic acids is 1. The number of rotatable bonds is 6. The van der Waals surface area contributed by atoms with Crippen molar-refractivity contribution in [3.05, 3.63) is 77.4 Å². The van der Waals surface area contributed by atoms with Gasteiger partial charge in [-0.05, 0) is 31.5 Å². The quantitative estimate of drug-likeness (QED) is 0.645. The summed E-state index contributed by atoms with van der Waals surface area (Å²) in [6.07, 6.45) is 1.68. The molecule has 2 aromatic carbocycles. The molecule has 24 heavy (non-hydrogen) atoms. The summed E-state index contributed by atoms with van der Waals surface area (Å²) in [5.74, 6) is -0.445. The van der Waals surface area contributed by atoms with Gasteiger partial charge in [-0.3, -0.25) is 0 Å². The van der Waals surface area contributed by atoms with Crippen LogP contribution >= 0.6 is 0 Å². The summed E-state index contributed by atoms with van der Waals surface area (Å²) in [4.78, 5) is 12.7. The van der Waals surface area contributed by atoms with Crippen molar-refractivity contribution < 1.29 is 13.7 Å². The second-order valence-corrected chi connectivity index (χ2v) is 6.52. The van der Waals surface area contributed by atoms with Crippen LogP contribution in [0.15, 0.2) is 71.1 Å². The van der Waals surface area contributed by atoms with E-state index in [0.717, 1.165) is 11.1 Å². The SMILES string of the molecule is C/C=C(/C(=O)OC)[C@@H](N[S@@](=O)c1ccc(C)cc1)c1ccccc1. The molecule has 0 saturated heterocycles. The molecular weight excluding hydrogens is 322 g/mol. The molecule has 0 amide bonds. The van der Waals surface area contributed by atoms with Crippen molar-refractivity contribution in [2.24, 2.45) is 0 Å². The molecule has 0 radical (unpaired) electrons. The molecule has 0 aliphatic carbocycles. The third-order valence-corrected chi connectivity index (χ3v) is 4.79. The van der Waals surface area contributed by atoms with E-state index in [1.807, 2.05) is 61.5 Å². The summed E-state index contributed by atoms with van der Waals surface area (Å²) in [5, 5.41) is 0. The van der Waals surface area contributed by atoms with E-state index in [2.05, 4.69) is 4.72 Å². The zero-order chi connectivity index (χ0) is 17.5. The Labute approximate surface area is 145 Å². The number of allylic oxidation sites excluding steroid dienone is 1. The van der Waals surface area contributed by atoms with Crippen LogP contribution in [0, 0.1) is 6.92 Å². The summed E-state index contributed by atoms with van der Waals surface area (Å²) in [6.45, 7) is 3.74. The molecule has 4 nitrogen and oxygen atoms in total. The number of ether oxygens (including phenoxy) is 1. The average Bonchev–Trinajstić information content (AvgIpc) is 2.62. The molecule has 1 N–H and O–H groups in total. The van der Waals surface area contributed by atoms with Gasteiger partial charge in [-0.1, -0.05) is 54.1 Å². The molecule has 0 aromatic heterocycles. The lowest BCUT2D eigenvalue weighted by molar-refractivity contribution is -0.136. The first-order chi connectivity index (χ1) is 11.6. The molecule has 126 valence electrons. The number of aryl methyl sites for hydroxylation is 1. The van der Waals surface area contributed by atoms with Crippen molar-refractivity contribution >= 4 is 17.0 Å². The zero-order valence-electron chi connectivity index (χ0n) is 14.0. The van der Waals surface area contributed by atoms with Crippen LogP contribution in [0.4, 0.5) is 0 Å². The van der Waals surface area contributed by atoms with E-state index in [4.69, 9.17) is 4.74 Å². The van der Waals surface area contributed by atoms with Gasteiger partial charge in [0, 0.05) is 0 Å². The van der Waals surface area contributed by atoms with Crippen molar-refractivity contribution in [3.63, 3.8) is 0 Å². The maximum Gasteiger partial charge on any atom is 0.335 e. The normalized spacial score (nSPS) is 14.0. The predicted octanol–water partition coefficient (Wildman–Crippen LogP) is 3.47. The minimum Gasteiger partial charge on any atom is -0.466 e. The molecule has 0 spiro atoms. The van der Waals surface area contributed by atoms with Crippen LogP contribution in [-0.2, 0) is 20.5 Å². The van der Waals surface area contributed by atoms with Crippen molar-refractivity contribution in [1.82, 2.24) is 4.72 Å². The first kappa shape index (κ1) is 18.1. The highest BCUT2D eigenvalue weighted by molar-refractivity contribution is 7.83. The Morgan fingerprint density at radius 3 is 2.29 bits per heavy atom. The topological polar surface area (TPSA) is 55.4 Å². The average molecular weight is 343 g/mol. The number of hydrogen-bond acceptors (Lipinski definition) is 3. The minimum absolute atomic E-state index is 0.421. The summed E-state index contributed by atoms with van der Waals surface area (Å²) in [6, 6.07) is 16.3. The van der Waals surface area contributed by atoms with E-state index in [1.165, 1.54) is 7.11 Å². The van der Waals surface area contributed by atoms with Gasteiger partial charge in [0.15, 0.2) is 0 Å². The molecule has 0 heterocycles. The first-order valence-electron chi connectivity index (χ1n) is 7.61. The Morgan fingerprint density at radius 1 is 1.12 bits per heavy atom. The largest absolute Gasteiger partial charge is 0.466 e. The Kier molecular flexibility index (Phi) is 6.46. The number of benzene rings is 2. The van der Waals surface area contributed by atoms with Crippen LogP contribution < -0.4 is 4.72 Å².